The first kappa shape index (κ1) is 27.3. The predicted octanol–water partition coefficient (Wildman–Crippen LogP) is 7.56. The molecule has 0 aliphatic rings. The van der Waals surface area contributed by atoms with Crippen molar-refractivity contribution in [2.45, 2.75) is 11.1 Å². The third-order valence-electron chi connectivity index (χ3n) is 5.31. The molecule has 0 heterocycles. The standard InChI is InChI=1S/C24H15Cl2F3N4O4S/c25-16-9-12(5-7-18(16)30)13-6-8-19(17(26)10-13)32-33-20-11-21(38(35,36)37)14-3-1-2-4-15(14)22(20)31-23(34)24(27,28)29/h1-11H,30H2,(H,31,34)(H,35,36,37). The van der Waals surface area contributed by atoms with Crippen LogP contribution in [0.1, 0.15) is 0 Å². The number of hydrogen-bond donors (Lipinski definition) is 3. The molecule has 4 aromatic rings. The number of benzene rings is 4. The Bertz CT molecular complexity index is 1730. The van der Waals surface area contributed by atoms with Crippen LogP contribution in [0.2, 0.25) is 10.0 Å². The molecule has 8 nitrogen and oxygen atoms in total. The van der Waals surface area contributed by atoms with Crippen LogP contribution in [0.3, 0.4) is 0 Å². The maximum absolute atomic E-state index is 13.0. The largest absolute Gasteiger partial charge is 0.471 e. The molecule has 0 atom stereocenters. The summed E-state index contributed by atoms with van der Waals surface area (Å²) >= 11 is 12.4. The van der Waals surface area contributed by atoms with E-state index in [1.54, 1.807) is 29.6 Å². The van der Waals surface area contributed by atoms with E-state index in [1.165, 1.54) is 36.4 Å². The summed E-state index contributed by atoms with van der Waals surface area (Å²) in [7, 11) is -4.84. The first-order chi connectivity index (χ1) is 17.8. The molecule has 0 radical (unpaired) electrons. The summed E-state index contributed by atoms with van der Waals surface area (Å²) < 4.78 is 72.8. The van der Waals surface area contributed by atoms with Gasteiger partial charge in [-0.3, -0.25) is 9.35 Å². The van der Waals surface area contributed by atoms with Gasteiger partial charge in [-0.1, -0.05) is 59.6 Å². The van der Waals surface area contributed by atoms with Crippen molar-refractivity contribution in [3.05, 3.63) is 76.8 Å². The van der Waals surface area contributed by atoms with Gasteiger partial charge >= 0.3 is 12.1 Å². The molecular weight excluding hydrogens is 568 g/mol. The van der Waals surface area contributed by atoms with Gasteiger partial charge in [-0.2, -0.15) is 21.6 Å². The van der Waals surface area contributed by atoms with Crippen LogP contribution in [0, 0.1) is 0 Å². The number of fused-ring (bicyclic) bond motifs is 1. The number of halogens is 5. The van der Waals surface area contributed by atoms with Crippen LogP contribution in [0.15, 0.2) is 81.9 Å². The number of carbonyl (C=O) groups is 1. The molecule has 1 amide bonds. The van der Waals surface area contributed by atoms with Crippen LogP contribution in [-0.2, 0) is 14.9 Å². The fourth-order valence-electron chi connectivity index (χ4n) is 3.52. The van der Waals surface area contributed by atoms with Crippen molar-refractivity contribution in [2.75, 3.05) is 11.1 Å². The number of rotatable bonds is 5. The summed E-state index contributed by atoms with van der Waals surface area (Å²) in [6.07, 6.45) is -5.25. The molecule has 0 saturated heterocycles. The third-order valence-corrected chi connectivity index (χ3v) is 6.83. The zero-order valence-corrected chi connectivity index (χ0v) is 21.1. The van der Waals surface area contributed by atoms with Gasteiger partial charge in [0.2, 0.25) is 0 Å². The number of carbonyl (C=O) groups excluding carboxylic acids is 1. The lowest BCUT2D eigenvalue weighted by Gasteiger charge is -2.15. The topological polar surface area (TPSA) is 134 Å². The molecule has 0 bridgehead atoms. The minimum Gasteiger partial charge on any atom is -0.398 e. The van der Waals surface area contributed by atoms with E-state index in [9.17, 15) is 30.9 Å². The van der Waals surface area contributed by atoms with Crippen LogP contribution in [0.25, 0.3) is 21.9 Å². The monoisotopic (exact) mass is 582 g/mol. The Kier molecular flexibility index (Phi) is 7.35. The Morgan fingerprint density at radius 1 is 0.868 bits per heavy atom. The SMILES string of the molecule is Nc1ccc(-c2ccc(N=Nc3cc(S(=O)(=O)O)c4ccccc4c3NC(=O)C(F)(F)F)c(Cl)c2)cc1Cl. The molecule has 38 heavy (non-hydrogen) atoms. The smallest absolute Gasteiger partial charge is 0.398 e. The number of nitrogens with two attached hydrogens (primary N) is 1. The lowest BCUT2D eigenvalue weighted by Crippen LogP contribution is -2.30. The minimum absolute atomic E-state index is 0.0756. The van der Waals surface area contributed by atoms with Crippen molar-refractivity contribution in [3.63, 3.8) is 0 Å². The number of hydrogen-bond acceptors (Lipinski definition) is 6. The van der Waals surface area contributed by atoms with Crippen LogP contribution < -0.4 is 11.1 Å². The van der Waals surface area contributed by atoms with Gasteiger partial charge in [-0.25, -0.2) is 0 Å². The van der Waals surface area contributed by atoms with E-state index in [1.807, 2.05) is 0 Å². The van der Waals surface area contributed by atoms with E-state index < -0.39 is 38.5 Å². The summed E-state index contributed by atoms with van der Waals surface area (Å²) in [4.78, 5) is 11.1. The molecule has 14 heteroatoms. The van der Waals surface area contributed by atoms with Gasteiger partial charge in [0.15, 0.2) is 0 Å². The highest BCUT2D eigenvalue weighted by molar-refractivity contribution is 7.86. The van der Waals surface area contributed by atoms with E-state index in [2.05, 4.69) is 10.2 Å². The summed E-state index contributed by atoms with van der Waals surface area (Å²) in [5, 5.41) is 9.68. The zero-order valence-electron chi connectivity index (χ0n) is 18.8. The van der Waals surface area contributed by atoms with E-state index in [0.717, 1.165) is 6.07 Å². The first-order valence-corrected chi connectivity index (χ1v) is 12.6. The summed E-state index contributed by atoms with van der Waals surface area (Å²) in [6, 6.07) is 15.7. The van der Waals surface area contributed by atoms with Crippen molar-refractivity contribution in [2.24, 2.45) is 10.2 Å². The Hall–Kier alpha value is -3.71. The quantitative estimate of drug-likeness (QED) is 0.127. The predicted molar refractivity (Wildman–Crippen MR) is 139 cm³/mol. The van der Waals surface area contributed by atoms with Gasteiger partial charge in [0.25, 0.3) is 10.1 Å². The van der Waals surface area contributed by atoms with Gasteiger partial charge in [-0.15, -0.1) is 10.2 Å². The molecule has 0 aliphatic carbocycles. The molecule has 0 aliphatic heterocycles. The highest BCUT2D eigenvalue weighted by Gasteiger charge is 2.39. The maximum Gasteiger partial charge on any atom is 0.471 e. The van der Waals surface area contributed by atoms with E-state index >= 15 is 0 Å². The molecule has 4 N–H and O–H groups in total. The van der Waals surface area contributed by atoms with Crippen molar-refractivity contribution in [3.8, 4) is 11.1 Å². The highest BCUT2D eigenvalue weighted by Crippen LogP contribution is 2.40. The second-order valence-corrected chi connectivity index (χ2v) is 10.0. The number of anilines is 2. The summed E-state index contributed by atoms with van der Waals surface area (Å²) in [5.41, 5.74) is 6.59. The maximum atomic E-state index is 13.0. The van der Waals surface area contributed by atoms with Gasteiger partial charge in [-0.05, 0) is 41.5 Å². The van der Waals surface area contributed by atoms with Gasteiger partial charge < -0.3 is 11.1 Å². The number of amides is 1. The molecule has 4 aromatic carbocycles. The van der Waals surface area contributed by atoms with E-state index in [-0.39, 0.29) is 21.5 Å². The number of azo groups is 1. The van der Waals surface area contributed by atoms with Crippen molar-refractivity contribution in [1.29, 1.82) is 0 Å². The fourth-order valence-corrected chi connectivity index (χ4v) is 4.63. The number of nitrogen functional groups attached to an aromatic ring is 1. The molecule has 0 unspecified atom stereocenters. The van der Waals surface area contributed by atoms with Crippen molar-refractivity contribution in [1.82, 2.24) is 0 Å². The Balaban J connectivity index is 1.83. The Morgan fingerprint density at radius 2 is 1.45 bits per heavy atom. The third kappa shape index (κ3) is 5.73. The van der Waals surface area contributed by atoms with Crippen LogP contribution in [-0.4, -0.2) is 25.1 Å². The normalized spacial score (nSPS) is 12.3. The molecule has 0 fully saturated rings. The van der Waals surface area contributed by atoms with Crippen molar-refractivity contribution < 1.29 is 30.9 Å². The summed E-state index contributed by atoms with van der Waals surface area (Å²) in [6.45, 7) is 0. The molecule has 4 rings (SSSR count). The van der Waals surface area contributed by atoms with Crippen molar-refractivity contribution >= 4 is 72.7 Å². The average Bonchev–Trinajstić information content (AvgIpc) is 2.84. The van der Waals surface area contributed by atoms with Gasteiger partial charge in [0, 0.05) is 10.8 Å². The Morgan fingerprint density at radius 3 is 2.03 bits per heavy atom. The minimum atomic E-state index is -5.25. The number of nitrogens with one attached hydrogen (secondary N) is 1. The van der Waals surface area contributed by atoms with E-state index in [0.29, 0.717) is 21.8 Å². The molecule has 0 spiro atoms. The fraction of sp³-hybridized carbons (Fsp3) is 0.0417. The highest BCUT2D eigenvalue weighted by atomic mass is 35.5. The van der Waals surface area contributed by atoms with Gasteiger partial charge in [0.1, 0.15) is 16.3 Å². The number of alkyl halides is 3. The lowest BCUT2D eigenvalue weighted by molar-refractivity contribution is -0.167. The lowest BCUT2D eigenvalue weighted by atomic mass is 10.1. The zero-order chi connectivity index (χ0) is 27.8. The molecule has 0 saturated carbocycles. The molecular formula is C24H15Cl2F3N4O4S. The van der Waals surface area contributed by atoms with Crippen LogP contribution >= 0.6 is 23.2 Å². The number of nitrogens with zero attached hydrogens (tertiary/aromatic N) is 2. The first-order valence-electron chi connectivity index (χ1n) is 10.4. The second kappa shape index (κ2) is 10.2. The molecule has 196 valence electrons. The average molecular weight is 583 g/mol. The summed E-state index contributed by atoms with van der Waals surface area (Å²) in [5.74, 6) is -2.32. The second-order valence-electron chi connectivity index (χ2n) is 7.84. The van der Waals surface area contributed by atoms with Crippen LogP contribution in [0.5, 0.6) is 0 Å². The van der Waals surface area contributed by atoms with Gasteiger partial charge in [0.05, 0.1) is 21.4 Å². The Labute approximate surface area is 223 Å². The van der Waals surface area contributed by atoms with E-state index in [4.69, 9.17) is 28.9 Å². The van der Waals surface area contributed by atoms with Crippen LogP contribution in [0.4, 0.5) is 35.9 Å². The molecule has 0 aromatic heterocycles.